The number of carbonyl (C=O) groups is 6. The van der Waals surface area contributed by atoms with E-state index in [0.29, 0.717) is 33.4 Å². The standard InChI is InChI=1S/C83H92N6O21/c90-46-66-70(91)67(88-82(97)105-53-61-37-21-7-22-38-61)75(101-49-57-29-13-3-14-30-57)78(108-66)110-73-68(87-76(93)65(99-47-55-25-9-1-10-26-55)43-44-84-79(94)102-50-58-31-15-4-16-32-58)72(100-48-56-27-11-2-12-28-56)69(89-83(98)106-54-62-39-23-8-24-40-62)74(71(73)92)109-77-64(86-81(96)104-52-60-35-19-6-20-36-60)42-41-63(107-77)45-85-80(95)103-51-59-33-17-5-18-34-59/h1-40,63-75,77-78,90-92H,41-54H2,(H,84,94)(H,85,95)(H,86,96)(H,87,93)(H,88,97)(H,89,98)/t63?,64?,65-,66?,67-,68+,69-,70-,71?,72?,73+,74?,75?,77-,78-/m0/s1. The Bertz CT molecular complexity index is 4080. The maximum absolute atomic E-state index is 15.9. The molecule has 1 saturated carbocycles. The van der Waals surface area contributed by atoms with Gasteiger partial charge in [0.05, 0.1) is 56.7 Å². The predicted octanol–water partition coefficient (Wildman–Crippen LogP) is 9.08. The number of hydrogen-bond acceptors (Lipinski definition) is 21. The minimum absolute atomic E-state index is 0.0446. The van der Waals surface area contributed by atoms with Gasteiger partial charge >= 0.3 is 30.5 Å². The molecule has 1 aliphatic carbocycles. The SMILES string of the molecule is O=C(NCC[C@H](OCc1ccccc1)C(=O)N[C@@H]1C(OCc2ccccc2)[C@H](NC(=O)OCc2ccccc2)C(O[C@@H]2OC(CNC(=O)OCc3ccccc3)CCC2NC(=O)OCc2ccccc2)C(O)[C@@H]1O[C@@H]1OC(CO)[C@H](O)[C@H](NC(=O)OCc2ccccc2)C1OCc1ccccc1)OCc1ccccc1. The number of benzene rings is 8. The van der Waals surface area contributed by atoms with Crippen LogP contribution in [-0.2, 0) is 114 Å². The summed E-state index contributed by atoms with van der Waals surface area (Å²) in [4.78, 5) is 85.9. The largest absolute Gasteiger partial charge is 0.445 e. The van der Waals surface area contributed by atoms with Crippen molar-refractivity contribution < 1.29 is 101 Å². The number of amides is 6. The van der Waals surface area contributed by atoms with Crippen molar-refractivity contribution in [3.8, 4) is 0 Å². The molecule has 15 atom stereocenters. The monoisotopic (exact) mass is 1510 g/mol. The van der Waals surface area contributed by atoms with E-state index in [4.69, 9.17) is 56.8 Å². The molecule has 7 unspecified atom stereocenters. The van der Waals surface area contributed by atoms with Gasteiger partial charge in [0, 0.05) is 19.5 Å². The molecule has 9 N–H and O–H groups in total. The fourth-order valence-electron chi connectivity index (χ4n) is 12.8. The second-order valence-electron chi connectivity index (χ2n) is 26.5. The molecule has 11 rings (SSSR count). The highest BCUT2D eigenvalue weighted by atomic mass is 16.7. The van der Waals surface area contributed by atoms with Crippen LogP contribution in [0.4, 0.5) is 24.0 Å². The van der Waals surface area contributed by atoms with Crippen LogP contribution < -0.4 is 31.9 Å². The molecular formula is C83H92N6O21. The number of aliphatic hydroxyl groups excluding tert-OH is 3. The van der Waals surface area contributed by atoms with E-state index in [1.165, 1.54) is 0 Å². The van der Waals surface area contributed by atoms with Crippen LogP contribution in [0, 0.1) is 0 Å². The molecule has 8 aromatic carbocycles. The molecule has 27 nitrogen and oxygen atoms in total. The second-order valence-corrected chi connectivity index (χ2v) is 26.5. The van der Waals surface area contributed by atoms with Gasteiger partial charge in [-0.2, -0.15) is 0 Å². The predicted molar refractivity (Wildman–Crippen MR) is 397 cm³/mol. The van der Waals surface area contributed by atoms with Crippen molar-refractivity contribution in [2.24, 2.45) is 0 Å². The van der Waals surface area contributed by atoms with E-state index in [1.54, 1.807) is 206 Å². The smallest absolute Gasteiger partial charge is 0.407 e. The van der Waals surface area contributed by atoms with Gasteiger partial charge in [-0.3, -0.25) is 4.79 Å². The summed E-state index contributed by atoms with van der Waals surface area (Å²) in [5, 5.41) is 54.5. The van der Waals surface area contributed by atoms with Crippen molar-refractivity contribution in [2.75, 3.05) is 19.7 Å². The van der Waals surface area contributed by atoms with E-state index in [1.807, 2.05) is 36.4 Å². The first-order valence-electron chi connectivity index (χ1n) is 36.5. The van der Waals surface area contributed by atoms with E-state index >= 15 is 4.79 Å². The summed E-state index contributed by atoms with van der Waals surface area (Å²) in [6.07, 6.45) is -22.7. The van der Waals surface area contributed by atoms with Gasteiger partial charge in [0.15, 0.2) is 12.6 Å². The molecule has 3 aliphatic rings. The third kappa shape index (κ3) is 24.6. The van der Waals surface area contributed by atoms with Crippen LogP contribution in [0.3, 0.4) is 0 Å². The van der Waals surface area contributed by atoms with Crippen molar-refractivity contribution in [1.82, 2.24) is 31.9 Å². The molecule has 0 bridgehead atoms. The van der Waals surface area contributed by atoms with Crippen molar-refractivity contribution >= 4 is 36.4 Å². The normalized spacial score (nSPS) is 23.2. The highest BCUT2D eigenvalue weighted by Crippen LogP contribution is 2.36. The molecule has 580 valence electrons. The first-order valence-corrected chi connectivity index (χ1v) is 36.5. The van der Waals surface area contributed by atoms with Gasteiger partial charge in [-0.05, 0) is 57.3 Å². The fourth-order valence-corrected chi connectivity index (χ4v) is 12.8. The molecule has 2 saturated heterocycles. The van der Waals surface area contributed by atoms with Gasteiger partial charge in [0.25, 0.3) is 0 Å². The summed E-state index contributed by atoms with van der Waals surface area (Å²) in [6, 6.07) is 65.4. The lowest BCUT2D eigenvalue weighted by Crippen LogP contribution is -2.75. The van der Waals surface area contributed by atoms with Gasteiger partial charge in [0.1, 0.15) is 81.9 Å². The van der Waals surface area contributed by atoms with Crippen LogP contribution in [0.2, 0.25) is 0 Å². The Hall–Kier alpha value is -10.8. The molecule has 6 amide bonds. The lowest BCUT2D eigenvalue weighted by atomic mass is 9.80. The van der Waals surface area contributed by atoms with Crippen LogP contribution in [-0.4, -0.2) is 163 Å². The minimum Gasteiger partial charge on any atom is -0.445 e. The van der Waals surface area contributed by atoms with Gasteiger partial charge < -0.3 is 104 Å². The molecule has 0 spiro atoms. The van der Waals surface area contributed by atoms with Gasteiger partial charge in [-0.15, -0.1) is 0 Å². The molecule has 8 aromatic rings. The van der Waals surface area contributed by atoms with Crippen molar-refractivity contribution in [1.29, 1.82) is 0 Å². The van der Waals surface area contributed by atoms with Crippen molar-refractivity contribution in [3.63, 3.8) is 0 Å². The number of carbonyl (C=O) groups excluding carboxylic acids is 6. The van der Waals surface area contributed by atoms with Crippen LogP contribution in [0.1, 0.15) is 63.8 Å². The number of rotatable bonds is 34. The topological polar surface area (TPSA) is 346 Å². The minimum atomic E-state index is -2.14. The summed E-state index contributed by atoms with van der Waals surface area (Å²) in [7, 11) is 0. The number of alkyl carbamates (subject to hydrolysis) is 5. The van der Waals surface area contributed by atoms with E-state index in [2.05, 4.69) is 31.9 Å². The Kier molecular flexibility index (Phi) is 30.8. The zero-order valence-electron chi connectivity index (χ0n) is 60.3. The molecule has 27 heteroatoms. The Morgan fingerprint density at radius 3 is 1.17 bits per heavy atom. The Labute approximate surface area is 637 Å². The number of aliphatic hydroxyl groups is 3. The van der Waals surface area contributed by atoms with E-state index < -0.39 is 135 Å². The molecule has 0 radical (unpaired) electrons. The first-order chi connectivity index (χ1) is 53.8. The summed E-state index contributed by atoms with van der Waals surface area (Å²) < 4.78 is 76.4. The molecule has 110 heavy (non-hydrogen) atoms. The number of ether oxygens (including phenoxy) is 12. The highest BCUT2D eigenvalue weighted by Gasteiger charge is 2.58. The van der Waals surface area contributed by atoms with Crippen LogP contribution in [0.5, 0.6) is 0 Å². The van der Waals surface area contributed by atoms with Crippen molar-refractivity contribution in [2.45, 2.75) is 164 Å². The third-order valence-corrected chi connectivity index (χ3v) is 18.5. The number of hydrogen-bond donors (Lipinski definition) is 9. The average Bonchev–Trinajstić information content (AvgIpc) is 0.753. The zero-order valence-corrected chi connectivity index (χ0v) is 60.3. The van der Waals surface area contributed by atoms with Crippen LogP contribution in [0.15, 0.2) is 243 Å². The molecular weight excluding hydrogens is 1420 g/mol. The highest BCUT2D eigenvalue weighted by molar-refractivity contribution is 5.81. The quantitative estimate of drug-likeness (QED) is 0.0170. The van der Waals surface area contributed by atoms with Crippen LogP contribution in [0.25, 0.3) is 0 Å². The number of nitrogens with one attached hydrogen (secondary N) is 6. The second kappa shape index (κ2) is 42.2. The van der Waals surface area contributed by atoms with Gasteiger partial charge in [-0.1, -0.05) is 243 Å². The Balaban J connectivity index is 1.00. The summed E-state index contributed by atoms with van der Waals surface area (Å²) in [5.74, 6) is -0.860. The molecule has 2 aliphatic heterocycles. The summed E-state index contributed by atoms with van der Waals surface area (Å²) >= 11 is 0. The summed E-state index contributed by atoms with van der Waals surface area (Å²) in [5.41, 5.74) is 5.26. The van der Waals surface area contributed by atoms with Crippen molar-refractivity contribution in [3.05, 3.63) is 287 Å². The maximum atomic E-state index is 15.9. The fraction of sp³-hybridized carbons (Fsp3) is 0.349. The van der Waals surface area contributed by atoms with Gasteiger partial charge in [-0.25, -0.2) is 24.0 Å². The van der Waals surface area contributed by atoms with E-state index in [9.17, 15) is 39.3 Å². The molecule has 0 aromatic heterocycles. The molecule has 2 heterocycles. The average molecular weight is 1510 g/mol. The lowest BCUT2D eigenvalue weighted by molar-refractivity contribution is -0.329. The van der Waals surface area contributed by atoms with Gasteiger partial charge in [0.2, 0.25) is 5.91 Å². The van der Waals surface area contributed by atoms with E-state index in [-0.39, 0.29) is 85.2 Å². The van der Waals surface area contributed by atoms with E-state index in [0.717, 1.165) is 11.1 Å². The summed E-state index contributed by atoms with van der Waals surface area (Å²) in [6.45, 7) is -2.51. The van der Waals surface area contributed by atoms with Crippen LogP contribution >= 0.6 is 0 Å². The maximum Gasteiger partial charge on any atom is 0.407 e. The molecule has 3 fully saturated rings. The lowest BCUT2D eigenvalue weighted by Gasteiger charge is -2.52. The Morgan fingerprint density at radius 1 is 0.373 bits per heavy atom. The first kappa shape index (κ1) is 80.2. The third-order valence-electron chi connectivity index (χ3n) is 18.5. The zero-order chi connectivity index (χ0) is 76.7. The Morgan fingerprint density at radius 2 is 0.736 bits per heavy atom.